The molecular weight excluding hydrogens is 414 g/mol. The fourth-order valence-electron chi connectivity index (χ4n) is 3.24. The van der Waals surface area contributed by atoms with Crippen molar-refractivity contribution in [1.29, 1.82) is 0 Å². The van der Waals surface area contributed by atoms with Crippen molar-refractivity contribution in [2.24, 2.45) is 0 Å². The third-order valence-corrected chi connectivity index (χ3v) is 5.85. The van der Waals surface area contributed by atoms with Gasteiger partial charge in [-0.15, -0.1) is 11.8 Å². The number of hydrogen-bond acceptors (Lipinski definition) is 5. The second-order valence-electron chi connectivity index (χ2n) is 7.06. The molecule has 0 heterocycles. The number of amides is 2. The van der Waals surface area contributed by atoms with E-state index in [9.17, 15) is 19.7 Å². The third-order valence-electron chi connectivity index (χ3n) is 4.86. The number of nitrogens with zero attached hydrogens (tertiary/aromatic N) is 2. The number of nitrogens with one attached hydrogen (secondary N) is 1. The molecule has 8 heteroatoms. The molecule has 7 nitrogen and oxygen atoms in total. The molecule has 0 bridgehead atoms. The Morgan fingerprint density at radius 2 is 1.74 bits per heavy atom. The van der Waals surface area contributed by atoms with Gasteiger partial charge in [0.1, 0.15) is 6.04 Å². The van der Waals surface area contributed by atoms with Crippen molar-refractivity contribution in [1.82, 2.24) is 10.2 Å². The van der Waals surface area contributed by atoms with Gasteiger partial charge in [-0.3, -0.25) is 19.7 Å². The molecule has 2 aromatic carbocycles. The molecule has 0 aliphatic carbocycles. The van der Waals surface area contributed by atoms with Gasteiger partial charge >= 0.3 is 0 Å². The molecule has 1 N–H and O–H groups in total. The Balaban J connectivity index is 2.01. The Labute approximate surface area is 187 Å². The zero-order valence-electron chi connectivity index (χ0n) is 18.0. The maximum atomic E-state index is 13.0. The van der Waals surface area contributed by atoms with E-state index in [2.05, 4.69) is 5.32 Å². The van der Waals surface area contributed by atoms with Crippen LogP contribution in [0.1, 0.15) is 31.4 Å². The van der Waals surface area contributed by atoms with Gasteiger partial charge in [0, 0.05) is 31.0 Å². The Morgan fingerprint density at radius 3 is 2.32 bits per heavy atom. The summed E-state index contributed by atoms with van der Waals surface area (Å²) in [7, 11) is 0. The second kappa shape index (κ2) is 12.7. The van der Waals surface area contributed by atoms with Gasteiger partial charge in [0.15, 0.2) is 0 Å². The number of non-ortho nitro benzene ring substituents is 1. The lowest BCUT2D eigenvalue weighted by molar-refractivity contribution is -0.384. The smallest absolute Gasteiger partial charge is 0.269 e. The maximum absolute atomic E-state index is 13.0. The minimum absolute atomic E-state index is 0.0460. The van der Waals surface area contributed by atoms with Crippen molar-refractivity contribution in [3.8, 4) is 0 Å². The SMILES string of the molecule is CCNC(=O)[C@@H](CC)N(CCc1ccccc1)C(=O)CSCc1ccc([N+](=O)[O-])cc1. The molecule has 0 aromatic heterocycles. The first-order valence-corrected chi connectivity index (χ1v) is 11.5. The Bertz CT molecular complexity index is 859. The van der Waals surface area contributed by atoms with E-state index in [-0.39, 0.29) is 23.3 Å². The maximum Gasteiger partial charge on any atom is 0.269 e. The average Bonchev–Trinajstić information content (AvgIpc) is 2.77. The van der Waals surface area contributed by atoms with Crippen molar-refractivity contribution in [2.75, 3.05) is 18.8 Å². The molecule has 2 rings (SSSR count). The summed E-state index contributed by atoms with van der Waals surface area (Å²) in [5.74, 6) is 0.586. The highest BCUT2D eigenvalue weighted by atomic mass is 32.2. The number of benzene rings is 2. The first kappa shape index (κ1) is 24.4. The van der Waals surface area contributed by atoms with Crippen LogP contribution in [-0.2, 0) is 21.8 Å². The number of carbonyl (C=O) groups excluding carboxylic acids is 2. The van der Waals surface area contributed by atoms with Crippen LogP contribution in [0.15, 0.2) is 54.6 Å². The van der Waals surface area contributed by atoms with E-state index < -0.39 is 11.0 Å². The van der Waals surface area contributed by atoms with Gasteiger partial charge in [0.25, 0.3) is 5.69 Å². The van der Waals surface area contributed by atoms with Crippen LogP contribution < -0.4 is 5.32 Å². The van der Waals surface area contributed by atoms with Crippen molar-refractivity contribution in [3.05, 3.63) is 75.8 Å². The zero-order valence-corrected chi connectivity index (χ0v) is 18.8. The monoisotopic (exact) mass is 443 g/mol. The predicted octanol–water partition coefficient (Wildman–Crippen LogP) is 3.81. The van der Waals surface area contributed by atoms with Crippen LogP contribution in [0.4, 0.5) is 5.69 Å². The van der Waals surface area contributed by atoms with Crippen LogP contribution in [0.2, 0.25) is 0 Å². The largest absolute Gasteiger partial charge is 0.355 e. The third kappa shape index (κ3) is 7.71. The highest BCUT2D eigenvalue weighted by Crippen LogP contribution is 2.18. The van der Waals surface area contributed by atoms with Crippen molar-refractivity contribution < 1.29 is 14.5 Å². The van der Waals surface area contributed by atoms with Gasteiger partial charge in [-0.1, -0.05) is 49.4 Å². The van der Waals surface area contributed by atoms with E-state index in [0.717, 1.165) is 11.1 Å². The van der Waals surface area contributed by atoms with Crippen LogP contribution in [0.3, 0.4) is 0 Å². The molecule has 0 aliphatic rings. The summed E-state index contributed by atoms with van der Waals surface area (Å²) >= 11 is 1.44. The highest BCUT2D eigenvalue weighted by molar-refractivity contribution is 7.99. The molecular formula is C23H29N3O4S. The summed E-state index contributed by atoms with van der Waals surface area (Å²) in [6.07, 6.45) is 1.22. The van der Waals surface area contributed by atoms with Crippen molar-refractivity contribution >= 4 is 29.3 Å². The van der Waals surface area contributed by atoms with E-state index in [1.54, 1.807) is 17.0 Å². The Kier molecular flexibility index (Phi) is 10.0. The molecule has 166 valence electrons. The van der Waals surface area contributed by atoms with Gasteiger partial charge in [0.2, 0.25) is 11.8 Å². The molecule has 2 amide bonds. The number of likely N-dealkylation sites (N-methyl/N-ethyl adjacent to an activating group) is 1. The zero-order chi connectivity index (χ0) is 22.6. The summed E-state index contributed by atoms with van der Waals surface area (Å²) in [5, 5.41) is 13.6. The van der Waals surface area contributed by atoms with E-state index >= 15 is 0 Å². The van der Waals surface area contributed by atoms with Crippen LogP contribution in [0, 0.1) is 10.1 Å². The summed E-state index contributed by atoms with van der Waals surface area (Å²) in [5.41, 5.74) is 2.07. The predicted molar refractivity (Wildman–Crippen MR) is 124 cm³/mol. The molecule has 0 fully saturated rings. The lowest BCUT2D eigenvalue weighted by Crippen LogP contribution is -2.50. The van der Waals surface area contributed by atoms with Gasteiger partial charge in [-0.25, -0.2) is 0 Å². The number of nitro groups is 1. The fraction of sp³-hybridized carbons (Fsp3) is 0.391. The van der Waals surface area contributed by atoms with Crippen LogP contribution >= 0.6 is 11.8 Å². The molecule has 0 aliphatic heterocycles. The molecule has 31 heavy (non-hydrogen) atoms. The lowest BCUT2D eigenvalue weighted by atomic mass is 10.1. The van der Waals surface area contributed by atoms with Crippen LogP contribution in [0.25, 0.3) is 0 Å². The quantitative estimate of drug-likeness (QED) is 0.398. The average molecular weight is 444 g/mol. The minimum Gasteiger partial charge on any atom is -0.355 e. The normalized spacial score (nSPS) is 11.5. The van der Waals surface area contributed by atoms with Crippen LogP contribution in [-0.4, -0.2) is 46.5 Å². The minimum atomic E-state index is -0.504. The topological polar surface area (TPSA) is 92.6 Å². The van der Waals surface area contributed by atoms with Crippen molar-refractivity contribution in [2.45, 2.75) is 38.5 Å². The summed E-state index contributed by atoms with van der Waals surface area (Å²) in [6.45, 7) is 4.76. The highest BCUT2D eigenvalue weighted by Gasteiger charge is 2.27. The molecule has 2 aromatic rings. The van der Waals surface area contributed by atoms with E-state index in [4.69, 9.17) is 0 Å². The molecule has 1 atom stereocenters. The van der Waals surface area contributed by atoms with Gasteiger partial charge in [-0.05, 0) is 30.9 Å². The number of thioether (sulfide) groups is 1. The van der Waals surface area contributed by atoms with E-state index in [1.165, 1.54) is 23.9 Å². The fourth-order valence-corrected chi connectivity index (χ4v) is 4.11. The summed E-state index contributed by atoms with van der Waals surface area (Å²) in [6, 6.07) is 15.7. The van der Waals surface area contributed by atoms with Crippen LogP contribution in [0.5, 0.6) is 0 Å². The van der Waals surface area contributed by atoms with Gasteiger partial charge in [0.05, 0.1) is 10.7 Å². The van der Waals surface area contributed by atoms with Gasteiger partial charge in [-0.2, -0.15) is 0 Å². The standard InChI is InChI=1S/C23H29N3O4S/c1-3-21(23(28)24-4-2)25(15-14-18-8-6-5-7-9-18)22(27)17-31-16-19-10-12-20(13-11-19)26(29)30/h5-13,21H,3-4,14-17H2,1-2H3,(H,24,28)/t21-/m1/s1. The molecule has 0 unspecified atom stereocenters. The van der Waals surface area contributed by atoms with E-state index in [1.807, 2.05) is 44.2 Å². The molecule has 0 saturated carbocycles. The molecule has 0 saturated heterocycles. The Morgan fingerprint density at radius 1 is 1.06 bits per heavy atom. The lowest BCUT2D eigenvalue weighted by Gasteiger charge is -2.30. The number of nitro benzene ring substituents is 1. The summed E-state index contributed by atoms with van der Waals surface area (Å²) in [4.78, 5) is 37.6. The molecule has 0 radical (unpaired) electrons. The molecule has 0 spiro atoms. The number of rotatable bonds is 12. The first-order chi connectivity index (χ1) is 15.0. The van der Waals surface area contributed by atoms with Crippen molar-refractivity contribution in [3.63, 3.8) is 0 Å². The van der Waals surface area contributed by atoms with E-state index in [0.29, 0.717) is 31.7 Å². The first-order valence-electron chi connectivity index (χ1n) is 10.4. The number of carbonyl (C=O) groups is 2. The Hall–Kier alpha value is -2.87. The number of hydrogen-bond donors (Lipinski definition) is 1. The van der Waals surface area contributed by atoms with Gasteiger partial charge < -0.3 is 10.2 Å². The second-order valence-corrected chi connectivity index (χ2v) is 8.04. The summed E-state index contributed by atoms with van der Waals surface area (Å²) < 4.78 is 0.